The molecule has 1 heterocycles. The molecule has 1 aliphatic rings. The van der Waals surface area contributed by atoms with Crippen LogP contribution in [0.2, 0.25) is 0 Å². The Morgan fingerprint density at radius 3 is 2.67 bits per heavy atom. The monoisotopic (exact) mass is 205 g/mol. The minimum Gasteiger partial charge on any atom is -0.358 e. The zero-order chi connectivity index (χ0) is 11.2. The van der Waals surface area contributed by atoms with E-state index in [1.165, 1.54) is 6.07 Å². The van der Waals surface area contributed by atoms with E-state index in [0.717, 1.165) is 16.9 Å². The van der Waals surface area contributed by atoms with Crippen molar-refractivity contribution in [3.63, 3.8) is 0 Å². The van der Waals surface area contributed by atoms with Gasteiger partial charge in [0, 0.05) is 22.4 Å². The molecule has 1 aliphatic heterocycles. The smallest absolute Gasteiger partial charge is 0.129 e. The van der Waals surface area contributed by atoms with Crippen LogP contribution < -0.4 is 5.32 Å². The lowest BCUT2D eigenvalue weighted by molar-refractivity contribution is 0.396. The molecule has 1 aromatic rings. The number of anilines is 1. The summed E-state index contributed by atoms with van der Waals surface area (Å²) in [6.45, 7) is 10.2. The van der Waals surface area contributed by atoms with E-state index in [1.807, 2.05) is 13.0 Å². The van der Waals surface area contributed by atoms with Gasteiger partial charge in [-0.3, -0.25) is 0 Å². The fourth-order valence-corrected chi connectivity index (χ4v) is 2.24. The molecule has 0 saturated heterocycles. The van der Waals surface area contributed by atoms with Gasteiger partial charge in [-0.25, -0.2) is 4.39 Å². The maximum Gasteiger partial charge on any atom is 0.129 e. The summed E-state index contributed by atoms with van der Waals surface area (Å²) in [6.07, 6.45) is 0. The van der Waals surface area contributed by atoms with Gasteiger partial charge in [0.2, 0.25) is 0 Å². The molecule has 0 bridgehead atoms. The Hall–Kier alpha value is -1.31. The molecule has 2 heteroatoms. The van der Waals surface area contributed by atoms with Gasteiger partial charge < -0.3 is 5.32 Å². The predicted octanol–water partition coefficient (Wildman–Crippen LogP) is 3.68. The van der Waals surface area contributed by atoms with Crippen molar-refractivity contribution in [2.24, 2.45) is 5.92 Å². The number of allylic oxidation sites excluding steroid dienone is 1. The molecule has 80 valence electrons. The Morgan fingerprint density at radius 1 is 1.40 bits per heavy atom. The predicted molar refractivity (Wildman–Crippen MR) is 61.4 cm³/mol. The third-order valence-electron chi connectivity index (χ3n) is 3.60. The summed E-state index contributed by atoms with van der Waals surface area (Å²) in [5.41, 5.74) is 2.19. The zero-order valence-electron chi connectivity index (χ0n) is 9.39. The number of halogens is 1. The van der Waals surface area contributed by atoms with Crippen molar-refractivity contribution in [2.75, 3.05) is 5.32 Å². The lowest BCUT2D eigenvalue weighted by Gasteiger charge is -2.30. The Labute approximate surface area is 90.0 Å². The van der Waals surface area contributed by atoms with Gasteiger partial charge in [0.1, 0.15) is 5.82 Å². The van der Waals surface area contributed by atoms with Gasteiger partial charge in [-0.1, -0.05) is 26.5 Å². The number of rotatable bonds is 1. The van der Waals surface area contributed by atoms with Gasteiger partial charge >= 0.3 is 0 Å². The normalized spacial score (nSPS) is 24.2. The summed E-state index contributed by atoms with van der Waals surface area (Å²) >= 11 is 0. The van der Waals surface area contributed by atoms with Crippen LogP contribution in [-0.2, 0) is 5.41 Å². The average molecular weight is 205 g/mol. The molecule has 0 saturated carbocycles. The minimum absolute atomic E-state index is 0.144. The van der Waals surface area contributed by atoms with E-state index in [0.29, 0.717) is 5.92 Å². The van der Waals surface area contributed by atoms with Crippen molar-refractivity contribution >= 4 is 5.69 Å². The molecule has 0 aliphatic carbocycles. The molecular formula is C13H16FN. The number of nitrogens with one attached hydrogen (secondary N) is 1. The first-order valence-corrected chi connectivity index (χ1v) is 5.23. The second kappa shape index (κ2) is 3.09. The quantitative estimate of drug-likeness (QED) is 0.737. The number of benzene rings is 1. The van der Waals surface area contributed by atoms with Crippen LogP contribution in [0.1, 0.15) is 26.3 Å². The topological polar surface area (TPSA) is 12.0 Å². The summed E-state index contributed by atoms with van der Waals surface area (Å²) in [5, 5.41) is 3.18. The van der Waals surface area contributed by atoms with Crippen molar-refractivity contribution in [1.29, 1.82) is 0 Å². The summed E-state index contributed by atoms with van der Waals surface area (Å²) in [5.74, 6) is 0.172. The van der Waals surface area contributed by atoms with Gasteiger partial charge in [0.25, 0.3) is 0 Å². The Morgan fingerprint density at radius 2 is 2.07 bits per heavy atom. The molecule has 0 spiro atoms. The summed E-state index contributed by atoms with van der Waals surface area (Å²) in [6, 6.07) is 5.14. The fourth-order valence-electron chi connectivity index (χ4n) is 2.24. The van der Waals surface area contributed by atoms with Crippen LogP contribution in [0.5, 0.6) is 0 Å². The average Bonchev–Trinajstić information content (AvgIpc) is 2.41. The van der Waals surface area contributed by atoms with Crippen molar-refractivity contribution in [1.82, 2.24) is 0 Å². The van der Waals surface area contributed by atoms with Gasteiger partial charge in [-0.2, -0.15) is 0 Å². The van der Waals surface area contributed by atoms with E-state index in [-0.39, 0.29) is 11.2 Å². The lowest BCUT2D eigenvalue weighted by atomic mass is 9.73. The highest BCUT2D eigenvalue weighted by atomic mass is 19.1. The van der Waals surface area contributed by atoms with E-state index < -0.39 is 0 Å². The van der Waals surface area contributed by atoms with Gasteiger partial charge in [-0.05, 0) is 25.0 Å². The number of hydrogen-bond donors (Lipinski definition) is 1. The van der Waals surface area contributed by atoms with Gasteiger partial charge in [0.15, 0.2) is 0 Å². The van der Waals surface area contributed by atoms with Crippen molar-refractivity contribution in [2.45, 2.75) is 26.2 Å². The molecule has 15 heavy (non-hydrogen) atoms. The van der Waals surface area contributed by atoms with E-state index in [1.54, 1.807) is 6.07 Å². The molecule has 0 radical (unpaired) electrons. The first-order chi connectivity index (χ1) is 6.98. The van der Waals surface area contributed by atoms with Crippen LogP contribution in [0.25, 0.3) is 0 Å². The summed E-state index contributed by atoms with van der Waals surface area (Å²) in [4.78, 5) is 0. The molecule has 0 aromatic heterocycles. The molecule has 1 nitrogen and oxygen atoms in total. The van der Waals surface area contributed by atoms with Crippen molar-refractivity contribution in [3.05, 3.63) is 41.9 Å². The second-order valence-electron chi connectivity index (χ2n) is 4.62. The Balaban J connectivity index is 2.68. The Bertz CT molecular complexity index is 423. The highest BCUT2D eigenvalue weighted by Gasteiger charge is 2.42. The van der Waals surface area contributed by atoms with Crippen LogP contribution >= 0.6 is 0 Å². The van der Waals surface area contributed by atoms with Crippen LogP contribution in [0.4, 0.5) is 10.1 Å². The third-order valence-corrected chi connectivity index (χ3v) is 3.60. The molecule has 1 N–H and O–H groups in total. The SMILES string of the molecule is C=C1Nc2cccc(F)c2C1(C)C(C)C. The molecule has 1 unspecified atom stereocenters. The Kier molecular flexibility index (Phi) is 2.10. The summed E-state index contributed by atoms with van der Waals surface area (Å²) < 4.78 is 13.8. The van der Waals surface area contributed by atoms with Gasteiger partial charge in [-0.15, -0.1) is 0 Å². The first-order valence-electron chi connectivity index (χ1n) is 5.23. The first kappa shape index (κ1) is 10.2. The van der Waals surface area contributed by atoms with E-state index in [2.05, 4.69) is 25.7 Å². The highest BCUT2D eigenvalue weighted by Crippen LogP contribution is 2.48. The molecule has 2 rings (SSSR count). The van der Waals surface area contributed by atoms with E-state index >= 15 is 0 Å². The number of hydrogen-bond acceptors (Lipinski definition) is 1. The fraction of sp³-hybridized carbons (Fsp3) is 0.385. The van der Waals surface area contributed by atoms with Crippen molar-refractivity contribution < 1.29 is 4.39 Å². The second-order valence-corrected chi connectivity index (χ2v) is 4.62. The largest absolute Gasteiger partial charge is 0.358 e. The van der Waals surface area contributed by atoms with Crippen LogP contribution in [0, 0.1) is 11.7 Å². The van der Waals surface area contributed by atoms with E-state index in [9.17, 15) is 4.39 Å². The molecule has 1 atom stereocenters. The molecule has 0 amide bonds. The highest BCUT2D eigenvalue weighted by molar-refractivity contribution is 5.68. The lowest BCUT2D eigenvalue weighted by Crippen LogP contribution is -2.29. The zero-order valence-corrected chi connectivity index (χ0v) is 9.39. The van der Waals surface area contributed by atoms with Crippen LogP contribution in [0.15, 0.2) is 30.5 Å². The van der Waals surface area contributed by atoms with Crippen LogP contribution in [0.3, 0.4) is 0 Å². The molecule has 0 fully saturated rings. The van der Waals surface area contributed by atoms with E-state index in [4.69, 9.17) is 0 Å². The van der Waals surface area contributed by atoms with Gasteiger partial charge in [0.05, 0.1) is 0 Å². The maximum absolute atomic E-state index is 13.8. The van der Waals surface area contributed by atoms with Crippen molar-refractivity contribution in [3.8, 4) is 0 Å². The molecular weight excluding hydrogens is 189 g/mol. The summed E-state index contributed by atoms with van der Waals surface area (Å²) in [7, 11) is 0. The number of fused-ring (bicyclic) bond motifs is 1. The minimum atomic E-state index is -0.305. The molecule has 1 aromatic carbocycles. The third kappa shape index (κ3) is 1.21. The maximum atomic E-state index is 13.8. The van der Waals surface area contributed by atoms with Crippen LogP contribution in [-0.4, -0.2) is 0 Å². The standard InChI is InChI=1S/C13H16FN/c1-8(2)13(4)9(3)15-11-7-5-6-10(14)12(11)13/h5-8,15H,3H2,1-2,4H3.